The first-order valence-electron chi connectivity index (χ1n) is 5.47. The number of esters is 1. The molecule has 0 aromatic carbocycles. The molecule has 0 aromatic heterocycles. The number of hydrogen-bond acceptors (Lipinski definition) is 3. The maximum Gasteiger partial charge on any atom is 0.335 e. The molecule has 78 valence electrons. The average molecular weight is 195 g/mol. The van der Waals surface area contributed by atoms with Crippen LogP contribution < -0.4 is 0 Å². The van der Waals surface area contributed by atoms with E-state index in [-0.39, 0.29) is 5.97 Å². The third-order valence-electron chi connectivity index (χ3n) is 2.95. The van der Waals surface area contributed by atoms with E-state index >= 15 is 0 Å². The van der Waals surface area contributed by atoms with Gasteiger partial charge in [0.15, 0.2) is 0 Å². The van der Waals surface area contributed by atoms with Crippen molar-refractivity contribution in [1.82, 2.24) is 4.90 Å². The van der Waals surface area contributed by atoms with Gasteiger partial charge in [0.2, 0.25) is 0 Å². The van der Waals surface area contributed by atoms with Crippen molar-refractivity contribution in [1.29, 1.82) is 0 Å². The number of allylic oxidation sites excluding steroid dienone is 1. The number of rotatable bonds is 2. The summed E-state index contributed by atoms with van der Waals surface area (Å²) in [6.07, 6.45) is 4.26. The third-order valence-corrected chi connectivity index (χ3v) is 2.95. The molecule has 3 nitrogen and oxygen atoms in total. The minimum absolute atomic E-state index is 0.0888. The standard InChI is InChI=1S/C11H17NO2/c1-2-14-11(13)9-5-3-7-12-8-4-6-10(9)12/h2-8H2,1H3. The number of carbonyl (C=O) groups excluding carboxylic acids is 1. The molecule has 0 bridgehead atoms. The molecule has 0 aromatic rings. The molecule has 1 saturated heterocycles. The molecule has 2 rings (SSSR count). The van der Waals surface area contributed by atoms with E-state index in [2.05, 4.69) is 4.90 Å². The van der Waals surface area contributed by atoms with Crippen LogP contribution in [0.15, 0.2) is 11.3 Å². The second-order valence-electron chi connectivity index (χ2n) is 3.84. The monoisotopic (exact) mass is 195 g/mol. The van der Waals surface area contributed by atoms with Crippen LogP contribution in [0.5, 0.6) is 0 Å². The lowest BCUT2D eigenvalue weighted by Crippen LogP contribution is -2.27. The topological polar surface area (TPSA) is 29.5 Å². The van der Waals surface area contributed by atoms with E-state index in [0.717, 1.165) is 37.9 Å². The molecule has 3 heteroatoms. The number of ether oxygens (including phenoxy) is 1. The van der Waals surface area contributed by atoms with Crippen LogP contribution in [-0.4, -0.2) is 30.6 Å². The van der Waals surface area contributed by atoms with Crippen molar-refractivity contribution < 1.29 is 9.53 Å². The van der Waals surface area contributed by atoms with Crippen LogP contribution in [0.1, 0.15) is 32.6 Å². The lowest BCUT2D eigenvalue weighted by Gasteiger charge is -2.27. The molecule has 0 spiro atoms. The Balaban J connectivity index is 2.18. The van der Waals surface area contributed by atoms with E-state index in [1.165, 1.54) is 12.1 Å². The number of carbonyl (C=O) groups is 1. The van der Waals surface area contributed by atoms with Crippen molar-refractivity contribution in [2.45, 2.75) is 32.6 Å². The number of hydrogen-bond donors (Lipinski definition) is 0. The molecular weight excluding hydrogens is 178 g/mol. The van der Waals surface area contributed by atoms with E-state index in [9.17, 15) is 4.79 Å². The van der Waals surface area contributed by atoms with Gasteiger partial charge < -0.3 is 9.64 Å². The van der Waals surface area contributed by atoms with Gasteiger partial charge in [-0.15, -0.1) is 0 Å². The zero-order valence-corrected chi connectivity index (χ0v) is 8.71. The lowest BCUT2D eigenvalue weighted by atomic mass is 10.0. The Morgan fingerprint density at radius 2 is 2.07 bits per heavy atom. The fourth-order valence-electron chi connectivity index (χ4n) is 2.35. The second kappa shape index (κ2) is 4.03. The van der Waals surface area contributed by atoms with Gasteiger partial charge in [-0.25, -0.2) is 4.79 Å². The summed E-state index contributed by atoms with van der Waals surface area (Å²) in [4.78, 5) is 14.0. The summed E-state index contributed by atoms with van der Waals surface area (Å²) in [6.45, 7) is 4.59. The predicted molar refractivity (Wildman–Crippen MR) is 53.7 cm³/mol. The van der Waals surface area contributed by atoms with Crippen molar-refractivity contribution in [3.8, 4) is 0 Å². The minimum Gasteiger partial charge on any atom is -0.463 e. The van der Waals surface area contributed by atoms with Gasteiger partial charge >= 0.3 is 5.97 Å². The van der Waals surface area contributed by atoms with Crippen LogP contribution in [0.4, 0.5) is 0 Å². The Bertz CT molecular complexity index is 270. The van der Waals surface area contributed by atoms with Gasteiger partial charge in [0, 0.05) is 18.8 Å². The summed E-state index contributed by atoms with van der Waals surface area (Å²) in [5, 5.41) is 0. The molecule has 2 heterocycles. The fourth-order valence-corrected chi connectivity index (χ4v) is 2.35. The number of nitrogens with zero attached hydrogens (tertiary/aromatic N) is 1. The van der Waals surface area contributed by atoms with Gasteiger partial charge in [0.1, 0.15) is 0 Å². The molecule has 2 aliphatic heterocycles. The first kappa shape index (κ1) is 9.56. The van der Waals surface area contributed by atoms with Crippen LogP contribution in [0, 0.1) is 0 Å². The summed E-state index contributed by atoms with van der Waals surface area (Å²) >= 11 is 0. The first-order valence-corrected chi connectivity index (χ1v) is 5.47. The van der Waals surface area contributed by atoms with Crippen molar-refractivity contribution in [3.63, 3.8) is 0 Å². The van der Waals surface area contributed by atoms with Gasteiger partial charge in [-0.05, 0) is 32.6 Å². The van der Waals surface area contributed by atoms with Gasteiger partial charge in [0.25, 0.3) is 0 Å². The maximum atomic E-state index is 11.6. The molecule has 0 saturated carbocycles. The Morgan fingerprint density at radius 3 is 2.79 bits per heavy atom. The maximum absolute atomic E-state index is 11.6. The van der Waals surface area contributed by atoms with Crippen LogP contribution >= 0.6 is 0 Å². The van der Waals surface area contributed by atoms with Crippen LogP contribution in [0.3, 0.4) is 0 Å². The Hall–Kier alpha value is -0.990. The fraction of sp³-hybridized carbons (Fsp3) is 0.727. The average Bonchev–Trinajstić information content (AvgIpc) is 2.65. The second-order valence-corrected chi connectivity index (χ2v) is 3.84. The van der Waals surface area contributed by atoms with Crippen molar-refractivity contribution >= 4 is 5.97 Å². The van der Waals surface area contributed by atoms with Gasteiger partial charge in [0.05, 0.1) is 12.2 Å². The lowest BCUT2D eigenvalue weighted by molar-refractivity contribution is -0.139. The smallest absolute Gasteiger partial charge is 0.335 e. The van der Waals surface area contributed by atoms with Crippen LogP contribution in [-0.2, 0) is 9.53 Å². The highest BCUT2D eigenvalue weighted by atomic mass is 16.5. The summed E-state index contributed by atoms with van der Waals surface area (Å²) in [5.74, 6) is -0.0888. The molecule has 0 aliphatic carbocycles. The molecule has 0 unspecified atom stereocenters. The summed E-state index contributed by atoms with van der Waals surface area (Å²) in [5.41, 5.74) is 2.20. The Kier molecular flexibility index (Phi) is 2.75. The van der Waals surface area contributed by atoms with Gasteiger partial charge in [-0.2, -0.15) is 0 Å². The van der Waals surface area contributed by atoms with Crippen molar-refractivity contribution in [2.75, 3.05) is 19.7 Å². The van der Waals surface area contributed by atoms with E-state index in [0.29, 0.717) is 6.61 Å². The number of fused-ring (bicyclic) bond motifs is 1. The highest BCUT2D eigenvalue weighted by molar-refractivity contribution is 5.89. The van der Waals surface area contributed by atoms with Crippen molar-refractivity contribution in [3.05, 3.63) is 11.3 Å². The third kappa shape index (κ3) is 1.63. The van der Waals surface area contributed by atoms with Gasteiger partial charge in [-0.3, -0.25) is 0 Å². The molecule has 0 amide bonds. The molecule has 14 heavy (non-hydrogen) atoms. The molecule has 0 atom stereocenters. The summed E-state index contributed by atoms with van der Waals surface area (Å²) in [7, 11) is 0. The largest absolute Gasteiger partial charge is 0.463 e. The molecular formula is C11H17NO2. The zero-order valence-electron chi connectivity index (χ0n) is 8.71. The zero-order chi connectivity index (χ0) is 9.97. The van der Waals surface area contributed by atoms with Gasteiger partial charge in [-0.1, -0.05) is 0 Å². The first-order chi connectivity index (χ1) is 6.83. The highest BCUT2D eigenvalue weighted by Crippen LogP contribution is 2.31. The Morgan fingerprint density at radius 1 is 1.36 bits per heavy atom. The summed E-state index contributed by atoms with van der Waals surface area (Å²) < 4.78 is 5.07. The van der Waals surface area contributed by atoms with E-state index in [4.69, 9.17) is 4.74 Å². The molecule has 2 aliphatic rings. The predicted octanol–water partition coefficient (Wildman–Crippen LogP) is 1.69. The summed E-state index contributed by atoms with van der Waals surface area (Å²) in [6, 6.07) is 0. The van der Waals surface area contributed by atoms with E-state index in [1.54, 1.807) is 0 Å². The van der Waals surface area contributed by atoms with E-state index < -0.39 is 0 Å². The van der Waals surface area contributed by atoms with Crippen LogP contribution in [0.2, 0.25) is 0 Å². The SMILES string of the molecule is CCOC(=O)C1=C2CCCN2CCC1. The van der Waals surface area contributed by atoms with Crippen LogP contribution in [0.25, 0.3) is 0 Å². The van der Waals surface area contributed by atoms with E-state index in [1.807, 2.05) is 6.92 Å². The minimum atomic E-state index is -0.0888. The molecule has 0 N–H and O–H groups in total. The molecule has 1 fully saturated rings. The highest BCUT2D eigenvalue weighted by Gasteiger charge is 2.28. The van der Waals surface area contributed by atoms with Crippen molar-refractivity contribution in [2.24, 2.45) is 0 Å². The molecule has 0 radical (unpaired) electrons. The Labute approximate surface area is 84.7 Å². The normalized spacial score (nSPS) is 21.1. The quantitative estimate of drug-likeness (QED) is 0.628.